The number of ether oxygens (including phenoxy) is 1. The predicted octanol–water partition coefficient (Wildman–Crippen LogP) is 6.42. The molecule has 0 radical (unpaired) electrons. The third-order valence-electron chi connectivity index (χ3n) is 4.89. The maximum atomic E-state index is 10.6. The fourth-order valence-corrected chi connectivity index (χ4v) is 3.02. The van der Waals surface area contributed by atoms with Crippen molar-refractivity contribution in [1.82, 2.24) is 0 Å². The fourth-order valence-electron chi connectivity index (χ4n) is 3.02. The predicted molar refractivity (Wildman–Crippen MR) is 123 cm³/mol. The Morgan fingerprint density at radius 2 is 1.53 bits per heavy atom. The molecular formula is C27H32O3. The molecule has 0 amide bonds. The molecule has 2 rings (SSSR count). The summed E-state index contributed by atoms with van der Waals surface area (Å²) in [4.78, 5) is 10.6. The molecule has 1 unspecified atom stereocenters. The summed E-state index contributed by atoms with van der Waals surface area (Å²) < 4.78 is 5.88. The second-order valence-electron chi connectivity index (χ2n) is 8.14. The Labute approximate surface area is 180 Å². The van der Waals surface area contributed by atoms with Crippen LogP contribution in [0.3, 0.4) is 0 Å². The Morgan fingerprint density at radius 1 is 0.933 bits per heavy atom. The normalized spacial score (nSPS) is 11.9. The Bertz CT molecular complexity index is 865. The molecule has 0 aliphatic rings. The van der Waals surface area contributed by atoms with Crippen LogP contribution in [0.4, 0.5) is 0 Å². The van der Waals surface area contributed by atoms with Crippen LogP contribution in [0, 0.1) is 23.7 Å². The van der Waals surface area contributed by atoms with Gasteiger partial charge in [0.25, 0.3) is 0 Å². The summed E-state index contributed by atoms with van der Waals surface area (Å²) >= 11 is 0. The molecule has 2 aromatic rings. The average molecular weight is 405 g/mol. The van der Waals surface area contributed by atoms with Gasteiger partial charge in [0.1, 0.15) is 5.75 Å². The lowest BCUT2D eigenvalue weighted by atomic mass is 9.98. The minimum absolute atomic E-state index is 0.694. The molecule has 0 aliphatic heterocycles. The molecule has 0 aliphatic carbocycles. The average Bonchev–Trinajstić information content (AvgIpc) is 2.72. The summed E-state index contributed by atoms with van der Waals surface area (Å²) in [5.74, 6) is 7.68. The van der Waals surface area contributed by atoms with Crippen molar-refractivity contribution in [3.05, 3.63) is 71.3 Å². The smallest absolute Gasteiger partial charge is 0.328 e. The number of hydrogen-bond donors (Lipinski definition) is 1. The van der Waals surface area contributed by atoms with Gasteiger partial charge in [-0.3, -0.25) is 0 Å². The molecule has 0 fully saturated rings. The van der Waals surface area contributed by atoms with Crippen molar-refractivity contribution in [3.8, 4) is 17.6 Å². The largest absolute Gasteiger partial charge is 0.494 e. The van der Waals surface area contributed by atoms with Crippen LogP contribution in [-0.4, -0.2) is 17.7 Å². The van der Waals surface area contributed by atoms with Gasteiger partial charge in [-0.25, -0.2) is 4.79 Å². The lowest BCUT2D eigenvalue weighted by Crippen LogP contribution is -2.04. The minimum atomic E-state index is -0.956. The first-order chi connectivity index (χ1) is 14.4. The summed E-state index contributed by atoms with van der Waals surface area (Å²) in [7, 11) is 0. The molecule has 3 heteroatoms. The number of rotatable bonds is 10. The first-order valence-electron chi connectivity index (χ1n) is 10.7. The molecule has 3 nitrogen and oxygen atoms in total. The number of carboxylic acids is 1. The van der Waals surface area contributed by atoms with Gasteiger partial charge in [0, 0.05) is 17.2 Å². The molecular weight excluding hydrogens is 372 g/mol. The second kappa shape index (κ2) is 12.5. The van der Waals surface area contributed by atoms with E-state index in [1.165, 1.54) is 19.3 Å². The molecule has 0 spiro atoms. The van der Waals surface area contributed by atoms with E-state index >= 15 is 0 Å². The van der Waals surface area contributed by atoms with Crippen molar-refractivity contribution in [3.63, 3.8) is 0 Å². The van der Waals surface area contributed by atoms with Crippen molar-refractivity contribution in [1.29, 1.82) is 0 Å². The van der Waals surface area contributed by atoms with E-state index in [1.54, 1.807) is 6.08 Å². The van der Waals surface area contributed by atoms with E-state index in [0.717, 1.165) is 47.5 Å². The number of carbonyl (C=O) groups is 1. The lowest BCUT2D eigenvalue weighted by molar-refractivity contribution is -0.131. The Balaban J connectivity index is 1.79. The molecule has 0 bridgehead atoms. The molecule has 0 aromatic heterocycles. The van der Waals surface area contributed by atoms with E-state index < -0.39 is 5.97 Å². The lowest BCUT2D eigenvalue weighted by Gasteiger charge is -2.13. The fraction of sp³-hybridized carbons (Fsp3) is 0.370. The molecule has 30 heavy (non-hydrogen) atoms. The first kappa shape index (κ1) is 23.3. The number of benzene rings is 2. The topological polar surface area (TPSA) is 46.5 Å². The zero-order valence-corrected chi connectivity index (χ0v) is 18.2. The molecule has 2 aromatic carbocycles. The van der Waals surface area contributed by atoms with Crippen molar-refractivity contribution in [2.75, 3.05) is 6.61 Å². The van der Waals surface area contributed by atoms with Gasteiger partial charge >= 0.3 is 5.97 Å². The minimum Gasteiger partial charge on any atom is -0.494 e. The van der Waals surface area contributed by atoms with E-state index in [1.807, 2.05) is 48.5 Å². The molecule has 0 saturated heterocycles. The first-order valence-corrected chi connectivity index (χ1v) is 10.7. The maximum Gasteiger partial charge on any atom is 0.328 e. The van der Waals surface area contributed by atoms with Crippen LogP contribution in [0.15, 0.2) is 54.6 Å². The van der Waals surface area contributed by atoms with Gasteiger partial charge in [-0.05, 0) is 66.3 Å². The highest BCUT2D eigenvalue weighted by Gasteiger charge is 2.04. The molecule has 0 heterocycles. The van der Waals surface area contributed by atoms with E-state index in [-0.39, 0.29) is 0 Å². The Kier molecular flexibility index (Phi) is 9.74. The zero-order valence-electron chi connectivity index (χ0n) is 18.2. The third-order valence-corrected chi connectivity index (χ3v) is 4.89. The van der Waals surface area contributed by atoms with Crippen LogP contribution in [0.5, 0.6) is 5.75 Å². The van der Waals surface area contributed by atoms with Crippen LogP contribution in [0.1, 0.15) is 63.1 Å². The van der Waals surface area contributed by atoms with Gasteiger partial charge in [-0.1, -0.05) is 64.0 Å². The van der Waals surface area contributed by atoms with Crippen LogP contribution >= 0.6 is 0 Å². The van der Waals surface area contributed by atoms with Gasteiger partial charge in [0.2, 0.25) is 0 Å². The summed E-state index contributed by atoms with van der Waals surface area (Å²) in [6.07, 6.45) is 7.64. The van der Waals surface area contributed by atoms with Gasteiger partial charge in [-0.2, -0.15) is 0 Å². The zero-order chi connectivity index (χ0) is 21.8. The highest BCUT2D eigenvalue weighted by atomic mass is 16.5. The summed E-state index contributed by atoms with van der Waals surface area (Å²) in [6.45, 7) is 7.61. The standard InChI is InChI=1S/C27H32O3/c1-21(2)5-4-6-22(3)19-20-30-26-16-13-25(14-17-26)12-9-23-7-10-24(11-8-23)15-18-27(28)29/h7-8,10-11,13-18,21-22H,4-6,19-20H2,1-3H3,(H,28,29). The summed E-state index contributed by atoms with van der Waals surface area (Å²) in [6, 6.07) is 15.3. The van der Waals surface area contributed by atoms with Gasteiger partial charge in [0.15, 0.2) is 0 Å². The van der Waals surface area contributed by atoms with Crippen molar-refractivity contribution in [2.24, 2.45) is 11.8 Å². The van der Waals surface area contributed by atoms with Gasteiger partial charge in [-0.15, -0.1) is 0 Å². The van der Waals surface area contributed by atoms with Crippen LogP contribution in [0.25, 0.3) is 6.08 Å². The van der Waals surface area contributed by atoms with E-state index in [9.17, 15) is 4.79 Å². The number of aliphatic carboxylic acids is 1. The second-order valence-corrected chi connectivity index (χ2v) is 8.14. The van der Waals surface area contributed by atoms with Gasteiger partial charge in [0.05, 0.1) is 6.61 Å². The third kappa shape index (κ3) is 9.47. The summed E-state index contributed by atoms with van der Waals surface area (Å²) in [5, 5.41) is 8.66. The van der Waals surface area contributed by atoms with Crippen molar-refractivity contribution >= 4 is 12.0 Å². The SMILES string of the molecule is CC(C)CCCC(C)CCOc1ccc(C#Cc2ccc(C=CC(=O)O)cc2)cc1. The Morgan fingerprint density at radius 3 is 2.10 bits per heavy atom. The molecule has 1 atom stereocenters. The van der Waals surface area contributed by atoms with Crippen LogP contribution < -0.4 is 4.74 Å². The van der Waals surface area contributed by atoms with Crippen molar-refractivity contribution in [2.45, 2.75) is 46.5 Å². The Hall–Kier alpha value is -2.99. The highest BCUT2D eigenvalue weighted by Crippen LogP contribution is 2.17. The number of carboxylic acid groups (broad SMARTS) is 1. The van der Waals surface area contributed by atoms with E-state index in [2.05, 4.69) is 32.6 Å². The summed E-state index contributed by atoms with van der Waals surface area (Å²) in [5.41, 5.74) is 2.65. The monoisotopic (exact) mass is 404 g/mol. The number of hydrogen-bond acceptors (Lipinski definition) is 2. The maximum absolute atomic E-state index is 10.6. The molecule has 158 valence electrons. The van der Waals surface area contributed by atoms with Crippen LogP contribution in [-0.2, 0) is 4.79 Å². The van der Waals surface area contributed by atoms with Gasteiger partial charge < -0.3 is 9.84 Å². The van der Waals surface area contributed by atoms with E-state index in [4.69, 9.17) is 9.84 Å². The highest BCUT2D eigenvalue weighted by molar-refractivity contribution is 5.85. The van der Waals surface area contributed by atoms with E-state index in [0.29, 0.717) is 5.92 Å². The molecule has 0 saturated carbocycles. The quantitative estimate of drug-likeness (QED) is 0.367. The molecule has 1 N–H and O–H groups in total. The van der Waals surface area contributed by atoms with Crippen molar-refractivity contribution < 1.29 is 14.6 Å². The van der Waals surface area contributed by atoms with Crippen LogP contribution in [0.2, 0.25) is 0 Å².